The van der Waals surface area contributed by atoms with Crippen molar-refractivity contribution in [1.82, 2.24) is 9.38 Å². The molecule has 0 aliphatic heterocycles. The molecular formula is C19H13BrN2O2S. The summed E-state index contributed by atoms with van der Waals surface area (Å²) >= 11 is 4.89. The molecule has 2 heterocycles. The predicted molar refractivity (Wildman–Crippen MR) is 105 cm³/mol. The summed E-state index contributed by atoms with van der Waals surface area (Å²) in [6, 6.07) is 13.4. The van der Waals surface area contributed by atoms with Crippen LogP contribution in [0.15, 0.2) is 64.4 Å². The van der Waals surface area contributed by atoms with E-state index in [-0.39, 0.29) is 5.56 Å². The van der Waals surface area contributed by atoms with Crippen molar-refractivity contribution < 1.29 is 4.74 Å². The summed E-state index contributed by atoms with van der Waals surface area (Å²) in [6.45, 7) is 4.08. The number of para-hydroxylation sites is 2. The Morgan fingerprint density at radius 2 is 2.12 bits per heavy atom. The maximum Gasteiger partial charge on any atom is 0.274 e. The standard InChI is InChI=1S/C19H13BrN2O2S/c1-2-9-24-16-8-7-12(10-13(16)20)11-17-18(23)22-15-6-4-3-5-14(15)21-19(22)25-17/h2-8,10-11H,1,9H2. The fourth-order valence-corrected chi connectivity index (χ4v) is 4.13. The van der Waals surface area contributed by atoms with E-state index in [0.717, 1.165) is 26.8 Å². The van der Waals surface area contributed by atoms with Gasteiger partial charge in [0.2, 0.25) is 0 Å². The first kappa shape index (κ1) is 16.1. The van der Waals surface area contributed by atoms with E-state index in [0.29, 0.717) is 16.1 Å². The van der Waals surface area contributed by atoms with Crippen molar-refractivity contribution in [3.8, 4) is 5.75 Å². The first-order valence-corrected chi connectivity index (χ1v) is 9.23. The topological polar surface area (TPSA) is 43.6 Å². The van der Waals surface area contributed by atoms with Crippen LogP contribution in [0.3, 0.4) is 0 Å². The highest BCUT2D eigenvalue weighted by Gasteiger charge is 2.10. The summed E-state index contributed by atoms with van der Waals surface area (Å²) in [4.78, 5) is 18.0. The molecule has 2 aromatic heterocycles. The summed E-state index contributed by atoms with van der Waals surface area (Å²) in [5, 5.41) is 0. The van der Waals surface area contributed by atoms with Crippen molar-refractivity contribution >= 4 is 49.3 Å². The van der Waals surface area contributed by atoms with Crippen LogP contribution in [0, 0.1) is 0 Å². The third-order valence-electron chi connectivity index (χ3n) is 3.76. The third kappa shape index (κ3) is 2.88. The van der Waals surface area contributed by atoms with E-state index in [1.54, 1.807) is 10.5 Å². The van der Waals surface area contributed by atoms with E-state index < -0.39 is 0 Å². The maximum atomic E-state index is 12.8. The van der Waals surface area contributed by atoms with Crippen molar-refractivity contribution in [2.24, 2.45) is 0 Å². The molecular weight excluding hydrogens is 400 g/mol. The quantitative estimate of drug-likeness (QED) is 0.479. The lowest BCUT2D eigenvalue weighted by Gasteiger charge is -2.06. The molecule has 0 atom stereocenters. The zero-order valence-corrected chi connectivity index (χ0v) is 15.5. The summed E-state index contributed by atoms with van der Waals surface area (Å²) in [7, 11) is 0. The van der Waals surface area contributed by atoms with E-state index in [1.165, 1.54) is 11.3 Å². The molecule has 124 valence electrons. The van der Waals surface area contributed by atoms with E-state index in [2.05, 4.69) is 27.5 Å². The van der Waals surface area contributed by atoms with Crippen LogP contribution in [0.2, 0.25) is 0 Å². The molecule has 4 aromatic rings. The van der Waals surface area contributed by atoms with Gasteiger partial charge in [-0.2, -0.15) is 0 Å². The van der Waals surface area contributed by atoms with Gasteiger partial charge in [-0.05, 0) is 51.8 Å². The third-order valence-corrected chi connectivity index (χ3v) is 5.34. The van der Waals surface area contributed by atoms with Gasteiger partial charge in [-0.3, -0.25) is 4.79 Å². The zero-order chi connectivity index (χ0) is 17.4. The van der Waals surface area contributed by atoms with Crippen LogP contribution in [0.5, 0.6) is 5.75 Å². The molecule has 0 radical (unpaired) electrons. The van der Waals surface area contributed by atoms with Crippen LogP contribution >= 0.6 is 27.3 Å². The van der Waals surface area contributed by atoms with Crippen LogP contribution in [0.4, 0.5) is 0 Å². The molecule has 0 unspecified atom stereocenters. The normalized spacial score (nSPS) is 12.1. The van der Waals surface area contributed by atoms with Crippen LogP contribution in [-0.4, -0.2) is 16.0 Å². The minimum atomic E-state index is -0.0446. The molecule has 0 fully saturated rings. The highest BCUT2D eigenvalue weighted by molar-refractivity contribution is 9.10. The lowest BCUT2D eigenvalue weighted by atomic mass is 10.2. The lowest BCUT2D eigenvalue weighted by molar-refractivity contribution is 0.361. The molecule has 0 aliphatic rings. The summed E-state index contributed by atoms with van der Waals surface area (Å²) in [5.74, 6) is 0.742. The van der Waals surface area contributed by atoms with Gasteiger partial charge in [0, 0.05) is 0 Å². The molecule has 0 amide bonds. The number of benzene rings is 2. The Labute approximate surface area is 155 Å². The molecule has 0 spiro atoms. The minimum Gasteiger partial charge on any atom is -0.488 e. The second kappa shape index (κ2) is 6.46. The highest BCUT2D eigenvalue weighted by Crippen LogP contribution is 2.26. The Bertz CT molecular complexity index is 1210. The van der Waals surface area contributed by atoms with Crippen molar-refractivity contribution in [2.45, 2.75) is 0 Å². The first-order valence-electron chi connectivity index (χ1n) is 7.62. The molecule has 6 heteroatoms. The second-order valence-electron chi connectivity index (χ2n) is 5.42. The Morgan fingerprint density at radius 3 is 2.92 bits per heavy atom. The summed E-state index contributed by atoms with van der Waals surface area (Å²) in [6.07, 6.45) is 3.57. The van der Waals surface area contributed by atoms with Crippen LogP contribution in [-0.2, 0) is 0 Å². The number of hydrogen-bond donors (Lipinski definition) is 0. The molecule has 0 aliphatic carbocycles. The van der Waals surface area contributed by atoms with Gasteiger partial charge < -0.3 is 4.74 Å². The van der Waals surface area contributed by atoms with E-state index in [9.17, 15) is 4.79 Å². The lowest BCUT2D eigenvalue weighted by Crippen LogP contribution is -2.22. The molecule has 0 saturated carbocycles. The summed E-state index contributed by atoms with van der Waals surface area (Å²) < 4.78 is 8.70. The van der Waals surface area contributed by atoms with Crippen molar-refractivity contribution in [3.63, 3.8) is 0 Å². The van der Waals surface area contributed by atoms with Gasteiger partial charge in [0.05, 0.1) is 20.0 Å². The zero-order valence-electron chi connectivity index (χ0n) is 13.1. The maximum absolute atomic E-state index is 12.8. The van der Waals surface area contributed by atoms with Crippen LogP contribution in [0.1, 0.15) is 5.56 Å². The van der Waals surface area contributed by atoms with Gasteiger partial charge in [0.25, 0.3) is 5.56 Å². The van der Waals surface area contributed by atoms with Crippen molar-refractivity contribution in [3.05, 3.63) is 80.0 Å². The Kier molecular flexibility index (Phi) is 4.15. The molecule has 4 rings (SSSR count). The van der Waals surface area contributed by atoms with Crippen LogP contribution < -0.4 is 14.8 Å². The second-order valence-corrected chi connectivity index (χ2v) is 7.29. The Balaban J connectivity index is 1.81. The average Bonchev–Trinajstić information content (AvgIpc) is 3.11. The number of rotatable bonds is 4. The number of imidazole rings is 1. The highest BCUT2D eigenvalue weighted by atomic mass is 79.9. The number of thiazole rings is 1. The van der Waals surface area contributed by atoms with Crippen molar-refractivity contribution in [1.29, 1.82) is 0 Å². The van der Waals surface area contributed by atoms with Gasteiger partial charge in [-0.15, -0.1) is 0 Å². The molecule has 0 saturated heterocycles. The van der Waals surface area contributed by atoms with Crippen molar-refractivity contribution in [2.75, 3.05) is 6.61 Å². The van der Waals surface area contributed by atoms with Gasteiger partial charge >= 0.3 is 0 Å². The number of halogens is 1. The Hall–Kier alpha value is -2.44. The number of ether oxygens (including phenoxy) is 1. The Morgan fingerprint density at radius 1 is 1.28 bits per heavy atom. The molecule has 25 heavy (non-hydrogen) atoms. The number of aromatic nitrogens is 2. The van der Waals surface area contributed by atoms with E-state index in [1.807, 2.05) is 48.5 Å². The van der Waals surface area contributed by atoms with E-state index in [4.69, 9.17) is 4.74 Å². The smallest absolute Gasteiger partial charge is 0.274 e. The van der Waals surface area contributed by atoms with Gasteiger partial charge in [0.1, 0.15) is 12.4 Å². The number of fused-ring (bicyclic) bond motifs is 3. The fraction of sp³-hybridized carbons (Fsp3) is 0.0526. The van der Waals surface area contributed by atoms with E-state index >= 15 is 0 Å². The monoisotopic (exact) mass is 412 g/mol. The van der Waals surface area contributed by atoms with Gasteiger partial charge in [-0.1, -0.05) is 42.2 Å². The fourth-order valence-electron chi connectivity index (χ4n) is 2.64. The first-order chi connectivity index (χ1) is 12.2. The molecule has 0 bridgehead atoms. The minimum absolute atomic E-state index is 0.0446. The molecule has 0 N–H and O–H groups in total. The average molecular weight is 413 g/mol. The number of nitrogens with zero attached hydrogens (tertiary/aromatic N) is 2. The summed E-state index contributed by atoms with van der Waals surface area (Å²) in [5.41, 5.74) is 2.55. The predicted octanol–water partition coefficient (Wildman–Crippen LogP) is 3.78. The van der Waals surface area contributed by atoms with Crippen LogP contribution in [0.25, 0.3) is 22.1 Å². The number of hydrogen-bond acceptors (Lipinski definition) is 4. The molecule has 2 aromatic carbocycles. The largest absolute Gasteiger partial charge is 0.488 e. The van der Waals surface area contributed by atoms with Gasteiger partial charge in [-0.25, -0.2) is 9.38 Å². The molecule has 4 nitrogen and oxygen atoms in total. The SMILES string of the molecule is C=CCOc1ccc(C=c2sc3nc4ccccc4n3c2=O)cc1Br. The van der Waals surface area contributed by atoms with Gasteiger partial charge in [0.15, 0.2) is 4.96 Å².